The zero-order valence-electron chi connectivity index (χ0n) is 10.8. The summed E-state index contributed by atoms with van der Waals surface area (Å²) in [6.07, 6.45) is -5.90. The standard InChI is InChI=1S/C11H17F3O4/c1-5-17-8(15)6-7(11(12,13)14)9(16)18-10(2,3)4/h7H,5-6H2,1-4H3. The highest BCUT2D eigenvalue weighted by atomic mass is 19.4. The molecule has 0 aromatic rings. The number of hydrogen-bond donors (Lipinski definition) is 0. The molecule has 0 fully saturated rings. The summed E-state index contributed by atoms with van der Waals surface area (Å²) in [5.74, 6) is -5.04. The largest absolute Gasteiger partial charge is 0.466 e. The second kappa shape index (κ2) is 6.06. The Balaban J connectivity index is 4.80. The molecule has 0 spiro atoms. The number of ether oxygens (including phenoxy) is 2. The summed E-state index contributed by atoms with van der Waals surface area (Å²) in [5, 5.41) is 0. The van der Waals surface area contributed by atoms with E-state index in [1.165, 1.54) is 27.7 Å². The van der Waals surface area contributed by atoms with Crippen molar-refractivity contribution >= 4 is 11.9 Å². The Morgan fingerprint density at radius 3 is 2.00 bits per heavy atom. The van der Waals surface area contributed by atoms with Crippen molar-refractivity contribution in [2.24, 2.45) is 5.92 Å². The number of carbonyl (C=O) groups excluding carboxylic acids is 2. The van der Waals surface area contributed by atoms with E-state index in [-0.39, 0.29) is 6.61 Å². The van der Waals surface area contributed by atoms with Crippen LogP contribution >= 0.6 is 0 Å². The van der Waals surface area contributed by atoms with Crippen LogP contribution in [0.5, 0.6) is 0 Å². The van der Waals surface area contributed by atoms with Crippen LogP contribution in [0.3, 0.4) is 0 Å². The first-order valence-electron chi connectivity index (χ1n) is 5.42. The Hall–Kier alpha value is -1.27. The minimum atomic E-state index is -4.84. The van der Waals surface area contributed by atoms with Gasteiger partial charge in [0.05, 0.1) is 13.0 Å². The van der Waals surface area contributed by atoms with Gasteiger partial charge < -0.3 is 9.47 Å². The molecule has 0 saturated carbocycles. The van der Waals surface area contributed by atoms with Gasteiger partial charge in [0.25, 0.3) is 0 Å². The molecule has 4 nitrogen and oxygen atoms in total. The van der Waals surface area contributed by atoms with Crippen molar-refractivity contribution in [3.8, 4) is 0 Å². The summed E-state index contributed by atoms with van der Waals surface area (Å²) < 4.78 is 47.0. The van der Waals surface area contributed by atoms with Crippen molar-refractivity contribution in [2.45, 2.75) is 45.9 Å². The molecule has 1 atom stereocenters. The van der Waals surface area contributed by atoms with Gasteiger partial charge in [0.1, 0.15) is 5.60 Å². The lowest BCUT2D eigenvalue weighted by atomic mass is 10.0. The van der Waals surface area contributed by atoms with Gasteiger partial charge in [-0.15, -0.1) is 0 Å². The molecule has 1 unspecified atom stereocenters. The van der Waals surface area contributed by atoms with Gasteiger partial charge in [-0.05, 0) is 27.7 Å². The van der Waals surface area contributed by atoms with E-state index < -0.39 is 36.1 Å². The molecule has 0 aliphatic rings. The quantitative estimate of drug-likeness (QED) is 0.736. The van der Waals surface area contributed by atoms with Crippen molar-refractivity contribution in [1.82, 2.24) is 0 Å². The zero-order valence-corrected chi connectivity index (χ0v) is 10.8. The van der Waals surface area contributed by atoms with Crippen LogP contribution < -0.4 is 0 Å². The molecule has 0 aromatic carbocycles. The van der Waals surface area contributed by atoms with Gasteiger partial charge in [0, 0.05) is 0 Å². The third-order valence-corrected chi connectivity index (χ3v) is 1.76. The summed E-state index contributed by atoms with van der Waals surface area (Å²) in [5.41, 5.74) is -1.05. The van der Waals surface area contributed by atoms with E-state index >= 15 is 0 Å². The normalized spacial score (nSPS) is 13.9. The van der Waals surface area contributed by atoms with Gasteiger partial charge in [-0.3, -0.25) is 9.59 Å². The third kappa shape index (κ3) is 6.46. The van der Waals surface area contributed by atoms with E-state index in [0.29, 0.717) is 0 Å². The van der Waals surface area contributed by atoms with Crippen molar-refractivity contribution in [3.63, 3.8) is 0 Å². The molecule has 7 heteroatoms. The molecule has 0 aliphatic carbocycles. The molecule has 0 saturated heterocycles. The van der Waals surface area contributed by atoms with Gasteiger partial charge in [0.2, 0.25) is 0 Å². The zero-order chi connectivity index (χ0) is 14.6. The highest BCUT2D eigenvalue weighted by molar-refractivity contribution is 5.80. The molecule has 18 heavy (non-hydrogen) atoms. The van der Waals surface area contributed by atoms with Crippen LogP contribution in [-0.4, -0.2) is 30.3 Å². The Bertz CT molecular complexity index is 304. The molecule has 0 amide bonds. The number of esters is 2. The Morgan fingerprint density at radius 1 is 1.17 bits per heavy atom. The monoisotopic (exact) mass is 270 g/mol. The van der Waals surface area contributed by atoms with Gasteiger partial charge in [-0.1, -0.05) is 0 Å². The second-order valence-electron chi connectivity index (χ2n) is 4.64. The first-order chi connectivity index (χ1) is 7.97. The smallest absolute Gasteiger partial charge is 0.402 e. The van der Waals surface area contributed by atoms with E-state index in [4.69, 9.17) is 0 Å². The molecule has 0 heterocycles. The van der Waals surface area contributed by atoms with Crippen LogP contribution in [0.25, 0.3) is 0 Å². The molecule has 106 valence electrons. The van der Waals surface area contributed by atoms with Crippen LogP contribution in [0.2, 0.25) is 0 Å². The lowest BCUT2D eigenvalue weighted by Gasteiger charge is -2.24. The fourth-order valence-electron chi connectivity index (χ4n) is 1.09. The van der Waals surface area contributed by atoms with Crippen molar-refractivity contribution < 1.29 is 32.2 Å². The third-order valence-electron chi connectivity index (χ3n) is 1.76. The minimum Gasteiger partial charge on any atom is -0.466 e. The highest BCUT2D eigenvalue weighted by Crippen LogP contribution is 2.31. The highest BCUT2D eigenvalue weighted by Gasteiger charge is 2.48. The maximum atomic E-state index is 12.6. The summed E-state index contributed by atoms with van der Waals surface area (Å²) in [4.78, 5) is 22.4. The fraction of sp³-hybridized carbons (Fsp3) is 0.818. The first-order valence-corrected chi connectivity index (χ1v) is 5.42. The number of rotatable bonds is 4. The Kier molecular flexibility index (Phi) is 5.63. The summed E-state index contributed by atoms with van der Waals surface area (Å²) in [7, 11) is 0. The molecule has 0 N–H and O–H groups in total. The molecular weight excluding hydrogens is 253 g/mol. The summed E-state index contributed by atoms with van der Waals surface area (Å²) >= 11 is 0. The van der Waals surface area contributed by atoms with E-state index in [2.05, 4.69) is 9.47 Å². The Labute approximate surface area is 103 Å². The minimum absolute atomic E-state index is 0.0439. The van der Waals surface area contributed by atoms with Gasteiger partial charge >= 0.3 is 18.1 Å². The molecule has 0 bridgehead atoms. The maximum absolute atomic E-state index is 12.6. The fourth-order valence-corrected chi connectivity index (χ4v) is 1.09. The van der Waals surface area contributed by atoms with Gasteiger partial charge in [-0.2, -0.15) is 13.2 Å². The molecule has 0 aliphatic heterocycles. The number of halogens is 3. The van der Waals surface area contributed by atoms with Gasteiger partial charge in [-0.25, -0.2) is 0 Å². The predicted molar refractivity (Wildman–Crippen MR) is 56.6 cm³/mol. The number of hydrogen-bond acceptors (Lipinski definition) is 4. The van der Waals surface area contributed by atoms with Crippen LogP contribution in [0.15, 0.2) is 0 Å². The lowest BCUT2D eigenvalue weighted by molar-refractivity contribution is -0.208. The first kappa shape index (κ1) is 16.7. The van der Waals surface area contributed by atoms with E-state index in [0.717, 1.165) is 0 Å². The van der Waals surface area contributed by atoms with Crippen LogP contribution in [-0.2, 0) is 19.1 Å². The summed E-state index contributed by atoms with van der Waals surface area (Å²) in [6, 6.07) is 0. The van der Waals surface area contributed by atoms with Crippen LogP contribution in [0.4, 0.5) is 13.2 Å². The number of alkyl halides is 3. The molecular formula is C11H17F3O4. The number of carbonyl (C=O) groups is 2. The van der Waals surface area contributed by atoms with Crippen LogP contribution in [0, 0.1) is 5.92 Å². The maximum Gasteiger partial charge on any atom is 0.402 e. The molecule has 0 aromatic heterocycles. The van der Waals surface area contributed by atoms with E-state index in [9.17, 15) is 22.8 Å². The van der Waals surface area contributed by atoms with E-state index in [1.807, 2.05) is 0 Å². The van der Waals surface area contributed by atoms with Crippen LogP contribution in [0.1, 0.15) is 34.1 Å². The average Bonchev–Trinajstić information content (AvgIpc) is 2.09. The lowest BCUT2D eigenvalue weighted by Crippen LogP contribution is -2.38. The average molecular weight is 270 g/mol. The molecule has 0 radical (unpaired) electrons. The molecule has 0 rings (SSSR count). The van der Waals surface area contributed by atoms with Crippen molar-refractivity contribution in [1.29, 1.82) is 0 Å². The SMILES string of the molecule is CCOC(=O)CC(C(=O)OC(C)(C)C)C(F)(F)F. The Morgan fingerprint density at radius 2 is 1.67 bits per heavy atom. The predicted octanol–water partition coefficient (Wildman–Crippen LogP) is 2.46. The van der Waals surface area contributed by atoms with Crippen molar-refractivity contribution in [2.75, 3.05) is 6.61 Å². The van der Waals surface area contributed by atoms with E-state index in [1.54, 1.807) is 0 Å². The second-order valence-corrected chi connectivity index (χ2v) is 4.64. The summed E-state index contributed by atoms with van der Waals surface area (Å²) in [6.45, 7) is 5.76. The van der Waals surface area contributed by atoms with Crippen molar-refractivity contribution in [3.05, 3.63) is 0 Å². The van der Waals surface area contributed by atoms with Gasteiger partial charge in [0.15, 0.2) is 5.92 Å². The topological polar surface area (TPSA) is 52.6 Å².